The van der Waals surface area contributed by atoms with E-state index in [2.05, 4.69) is 0 Å². The van der Waals surface area contributed by atoms with Crippen molar-refractivity contribution in [2.45, 2.75) is 46.3 Å². The first kappa shape index (κ1) is 20.4. The molecule has 2 aliphatic rings. The van der Waals surface area contributed by atoms with E-state index in [1.54, 1.807) is 28.2 Å². The molecule has 1 aromatic heterocycles. The molecule has 0 radical (unpaired) electrons. The number of aryl methyl sites for hydroxylation is 2. The highest BCUT2D eigenvalue weighted by Gasteiger charge is 2.29. The van der Waals surface area contributed by atoms with Gasteiger partial charge in [0.05, 0.1) is 19.3 Å². The molecule has 0 spiro atoms. The minimum atomic E-state index is -0.361. The fraction of sp³-hybridized carbons (Fsp3) is 0.650. The molecule has 0 N–H and O–H groups in total. The van der Waals surface area contributed by atoms with Crippen LogP contribution in [0.1, 0.15) is 41.4 Å². The van der Waals surface area contributed by atoms with Gasteiger partial charge in [-0.1, -0.05) is 0 Å². The first-order valence-corrected chi connectivity index (χ1v) is 9.96. The summed E-state index contributed by atoms with van der Waals surface area (Å²) in [4.78, 5) is 41.3. The van der Waals surface area contributed by atoms with E-state index in [0.717, 1.165) is 25.1 Å². The Balaban J connectivity index is 1.76. The van der Waals surface area contributed by atoms with Crippen molar-refractivity contribution in [3.63, 3.8) is 0 Å². The molecule has 0 aromatic carbocycles. The Morgan fingerprint density at radius 2 is 1.86 bits per heavy atom. The smallest absolute Gasteiger partial charge is 0.409 e. The third-order valence-electron chi connectivity index (χ3n) is 5.42. The minimum Gasteiger partial charge on any atom is -0.450 e. The lowest BCUT2D eigenvalue weighted by Gasteiger charge is -2.34. The molecule has 2 aliphatic heterocycles. The highest BCUT2D eigenvalue weighted by atomic mass is 16.6. The van der Waals surface area contributed by atoms with Crippen molar-refractivity contribution in [3.8, 4) is 0 Å². The Morgan fingerprint density at radius 3 is 2.46 bits per heavy atom. The van der Waals surface area contributed by atoms with Gasteiger partial charge in [0, 0.05) is 38.5 Å². The molecule has 2 amide bonds. The Kier molecular flexibility index (Phi) is 6.39. The molecule has 0 unspecified atom stereocenters. The third-order valence-corrected chi connectivity index (χ3v) is 5.42. The maximum atomic E-state index is 13.1. The topological polar surface area (TPSA) is 81.1 Å². The first-order valence-electron chi connectivity index (χ1n) is 9.96. The van der Waals surface area contributed by atoms with Crippen LogP contribution in [0.4, 0.5) is 4.79 Å². The Bertz CT molecular complexity index is 790. The van der Waals surface area contributed by atoms with E-state index in [-0.39, 0.29) is 29.2 Å². The maximum Gasteiger partial charge on any atom is 0.409 e. The molecule has 3 heterocycles. The molecule has 28 heavy (non-hydrogen) atoms. The van der Waals surface area contributed by atoms with Crippen molar-refractivity contribution in [1.29, 1.82) is 0 Å². The van der Waals surface area contributed by atoms with Gasteiger partial charge in [-0.25, -0.2) is 4.79 Å². The van der Waals surface area contributed by atoms with Crippen molar-refractivity contribution < 1.29 is 19.1 Å². The number of ether oxygens (including phenoxy) is 2. The third kappa shape index (κ3) is 4.22. The number of hydrogen-bond acceptors (Lipinski definition) is 5. The van der Waals surface area contributed by atoms with E-state index in [0.29, 0.717) is 44.9 Å². The molecule has 8 nitrogen and oxygen atoms in total. The lowest BCUT2D eigenvalue weighted by Crippen LogP contribution is -2.51. The molecule has 0 bridgehead atoms. The zero-order valence-corrected chi connectivity index (χ0v) is 16.9. The molecule has 3 rings (SSSR count). The predicted octanol–water partition coefficient (Wildman–Crippen LogP) is 1.56. The number of hydrogen-bond donors (Lipinski definition) is 0. The number of amides is 2. The van der Waals surface area contributed by atoms with Gasteiger partial charge in [0.1, 0.15) is 5.56 Å². The molecular weight excluding hydrogens is 362 g/mol. The van der Waals surface area contributed by atoms with Crippen LogP contribution in [0.2, 0.25) is 0 Å². The van der Waals surface area contributed by atoms with Crippen molar-refractivity contribution in [2.24, 2.45) is 0 Å². The number of carbonyl (C=O) groups excluding carboxylic acids is 2. The van der Waals surface area contributed by atoms with Crippen molar-refractivity contribution >= 4 is 12.0 Å². The quantitative estimate of drug-likeness (QED) is 0.778. The van der Waals surface area contributed by atoms with Crippen LogP contribution in [0.15, 0.2) is 10.9 Å². The number of pyridine rings is 1. The predicted molar refractivity (Wildman–Crippen MR) is 104 cm³/mol. The highest BCUT2D eigenvalue weighted by molar-refractivity contribution is 5.95. The molecule has 2 fully saturated rings. The zero-order valence-electron chi connectivity index (χ0n) is 16.9. The second kappa shape index (κ2) is 8.77. The van der Waals surface area contributed by atoms with E-state index in [1.165, 1.54) is 0 Å². The fourth-order valence-corrected chi connectivity index (χ4v) is 3.87. The number of nitrogens with zero attached hydrogens (tertiary/aromatic N) is 3. The van der Waals surface area contributed by atoms with Gasteiger partial charge in [0.25, 0.3) is 11.5 Å². The second-order valence-electron chi connectivity index (χ2n) is 7.37. The average molecular weight is 391 g/mol. The van der Waals surface area contributed by atoms with Crippen LogP contribution in [0.5, 0.6) is 0 Å². The first-order chi connectivity index (χ1) is 13.4. The van der Waals surface area contributed by atoms with E-state index in [9.17, 15) is 14.4 Å². The standard InChI is InChI=1S/C20H29N3O5/c1-4-27-20(26)22-9-7-21(8-10-22)18(24)17-14(2)12-15(3)23(19(17)25)13-16-6-5-11-28-16/h12,16H,4-11,13H2,1-3H3/t16-/m0/s1. The summed E-state index contributed by atoms with van der Waals surface area (Å²) in [5.41, 5.74) is 1.48. The van der Waals surface area contributed by atoms with Crippen molar-refractivity contribution in [1.82, 2.24) is 14.4 Å². The molecule has 2 saturated heterocycles. The van der Waals surface area contributed by atoms with Gasteiger partial charge in [0.15, 0.2) is 0 Å². The maximum absolute atomic E-state index is 13.1. The number of carbonyl (C=O) groups is 2. The van der Waals surface area contributed by atoms with Crippen LogP contribution in [-0.4, -0.2) is 71.9 Å². The highest BCUT2D eigenvalue weighted by Crippen LogP contribution is 2.16. The number of rotatable bonds is 4. The summed E-state index contributed by atoms with van der Waals surface area (Å²) in [6, 6.07) is 1.89. The SMILES string of the molecule is CCOC(=O)N1CCN(C(=O)c2c(C)cc(C)n(C[C@@H]3CCCO3)c2=O)CC1. The fourth-order valence-electron chi connectivity index (χ4n) is 3.87. The molecule has 0 aliphatic carbocycles. The molecular formula is C20H29N3O5. The summed E-state index contributed by atoms with van der Waals surface area (Å²) in [5.74, 6) is -0.271. The van der Waals surface area contributed by atoms with E-state index in [4.69, 9.17) is 9.47 Å². The van der Waals surface area contributed by atoms with Gasteiger partial charge in [-0.3, -0.25) is 9.59 Å². The van der Waals surface area contributed by atoms with Crippen LogP contribution < -0.4 is 5.56 Å². The van der Waals surface area contributed by atoms with Crippen molar-refractivity contribution in [3.05, 3.63) is 33.2 Å². The monoisotopic (exact) mass is 391 g/mol. The minimum absolute atomic E-state index is 0.0233. The van der Waals surface area contributed by atoms with Crippen LogP contribution >= 0.6 is 0 Å². The summed E-state index contributed by atoms with van der Waals surface area (Å²) in [6.45, 7) is 8.54. The second-order valence-corrected chi connectivity index (χ2v) is 7.37. The van der Waals surface area contributed by atoms with Crippen LogP contribution in [0.3, 0.4) is 0 Å². The summed E-state index contributed by atoms with van der Waals surface area (Å²) in [5, 5.41) is 0. The number of piperazine rings is 1. The lowest BCUT2D eigenvalue weighted by molar-refractivity contribution is 0.0566. The average Bonchev–Trinajstić information content (AvgIpc) is 3.18. The number of aromatic nitrogens is 1. The van der Waals surface area contributed by atoms with E-state index in [1.807, 2.05) is 13.0 Å². The molecule has 8 heteroatoms. The summed E-state index contributed by atoms with van der Waals surface area (Å²) in [6.07, 6.45) is 1.59. The van der Waals surface area contributed by atoms with Gasteiger partial charge in [0.2, 0.25) is 0 Å². The molecule has 154 valence electrons. The van der Waals surface area contributed by atoms with Gasteiger partial charge in [-0.05, 0) is 45.2 Å². The van der Waals surface area contributed by atoms with Crippen LogP contribution in [0, 0.1) is 13.8 Å². The van der Waals surface area contributed by atoms with Gasteiger partial charge in [-0.2, -0.15) is 0 Å². The Morgan fingerprint density at radius 1 is 1.18 bits per heavy atom. The summed E-state index contributed by atoms with van der Waals surface area (Å²) >= 11 is 0. The lowest BCUT2D eigenvalue weighted by atomic mass is 10.1. The zero-order chi connectivity index (χ0) is 20.3. The van der Waals surface area contributed by atoms with Gasteiger partial charge >= 0.3 is 6.09 Å². The molecule has 1 aromatic rings. The Hall–Kier alpha value is -2.35. The Labute approximate surface area is 165 Å². The normalized spacial score (nSPS) is 19.8. The van der Waals surface area contributed by atoms with Crippen molar-refractivity contribution in [2.75, 3.05) is 39.4 Å². The largest absolute Gasteiger partial charge is 0.450 e. The van der Waals surface area contributed by atoms with E-state index < -0.39 is 0 Å². The van der Waals surface area contributed by atoms with Crippen LogP contribution in [0.25, 0.3) is 0 Å². The molecule has 0 saturated carbocycles. The van der Waals surface area contributed by atoms with Gasteiger partial charge in [-0.15, -0.1) is 0 Å². The summed E-state index contributed by atoms with van der Waals surface area (Å²) < 4.78 is 12.3. The van der Waals surface area contributed by atoms with Gasteiger partial charge < -0.3 is 23.8 Å². The van der Waals surface area contributed by atoms with Crippen LogP contribution in [-0.2, 0) is 16.0 Å². The molecule has 1 atom stereocenters. The summed E-state index contributed by atoms with van der Waals surface area (Å²) in [7, 11) is 0. The van der Waals surface area contributed by atoms with E-state index >= 15 is 0 Å².